The molecule has 0 radical (unpaired) electrons. The summed E-state index contributed by atoms with van der Waals surface area (Å²) in [6, 6.07) is 1.85. The van der Waals surface area contributed by atoms with E-state index in [2.05, 4.69) is 16.9 Å². The number of fused-ring (bicyclic) bond motifs is 1. The average Bonchev–Trinajstić information content (AvgIpc) is 3.35. The van der Waals surface area contributed by atoms with Crippen molar-refractivity contribution in [2.75, 3.05) is 26.3 Å². The molecule has 2 aromatic rings. The highest BCUT2D eigenvalue weighted by Crippen LogP contribution is 2.30. The summed E-state index contributed by atoms with van der Waals surface area (Å²) in [5.41, 5.74) is 1.59. The van der Waals surface area contributed by atoms with Crippen LogP contribution in [0, 0.1) is 28.6 Å². The predicted octanol–water partition coefficient (Wildman–Crippen LogP) is 1.97. The lowest BCUT2D eigenvalue weighted by atomic mass is 9.92. The summed E-state index contributed by atoms with van der Waals surface area (Å²) in [7, 11) is 0. The highest BCUT2D eigenvalue weighted by molar-refractivity contribution is 5.92. The van der Waals surface area contributed by atoms with Crippen molar-refractivity contribution < 1.29 is 9.53 Å². The van der Waals surface area contributed by atoms with Gasteiger partial charge in [0.25, 0.3) is 0 Å². The average molecular weight is 384 g/mol. The Labute approximate surface area is 163 Å². The molecule has 2 aliphatic heterocycles. The molecule has 0 aliphatic carbocycles. The van der Waals surface area contributed by atoms with E-state index in [9.17, 15) is 4.79 Å². The number of hydrogen-bond acceptors (Lipinski definition) is 5. The normalized spacial score (nSPS) is 23.4. The van der Waals surface area contributed by atoms with Gasteiger partial charge in [-0.25, -0.2) is 4.98 Å². The van der Waals surface area contributed by atoms with Gasteiger partial charge in [-0.1, -0.05) is 13.3 Å². The topological polar surface area (TPSA) is 111 Å². The minimum absolute atomic E-state index is 0.0711. The van der Waals surface area contributed by atoms with Crippen LogP contribution in [0.3, 0.4) is 0 Å². The van der Waals surface area contributed by atoms with Crippen molar-refractivity contribution in [3.05, 3.63) is 23.9 Å². The first-order valence-electron chi connectivity index (χ1n) is 10.1. The lowest BCUT2D eigenvalue weighted by molar-refractivity contribution is -0.132. The molecule has 2 saturated heterocycles. The number of carbonyl (C=O) groups excluding carboxylic acids is 1. The van der Waals surface area contributed by atoms with Crippen LogP contribution >= 0.6 is 0 Å². The van der Waals surface area contributed by atoms with Crippen molar-refractivity contribution in [1.29, 1.82) is 10.8 Å². The van der Waals surface area contributed by atoms with Gasteiger partial charge in [-0.3, -0.25) is 20.2 Å². The molecule has 0 aromatic carbocycles. The van der Waals surface area contributed by atoms with Gasteiger partial charge in [0.05, 0.1) is 11.7 Å². The van der Waals surface area contributed by atoms with E-state index in [-0.39, 0.29) is 23.2 Å². The zero-order valence-electron chi connectivity index (χ0n) is 16.3. The van der Waals surface area contributed by atoms with Gasteiger partial charge in [-0.15, -0.1) is 0 Å². The molecule has 0 bridgehead atoms. The van der Waals surface area contributed by atoms with Crippen LogP contribution in [0.15, 0.2) is 18.5 Å². The molecule has 8 nitrogen and oxygen atoms in total. The fraction of sp³-hybridized carbons (Fsp3) is 0.600. The van der Waals surface area contributed by atoms with Crippen LogP contribution in [-0.2, 0) is 9.53 Å². The van der Waals surface area contributed by atoms with E-state index in [1.54, 1.807) is 10.8 Å². The number of hydrogen-bond donors (Lipinski definition) is 3. The van der Waals surface area contributed by atoms with E-state index in [1.165, 1.54) is 6.20 Å². The zero-order valence-corrected chi connectivity index (χ0v) is 16.3. The summed E-state index contributed by atoms with van der Waals surface area (Å²) < 4.78 is 7.05. The molecule has 150 valence electrons. The number of amides is 1. The van der Waals surface area contributed by atoms with E-state index < -0.39 is 0 Å². The molecule has 1 amide bonds. The Morgan fingerprint density at radius 3 is 2.89 bits per heavy atom. The second-order valence-electron chi connectivity index (χ2n) is 7.91. The van der Waals surface area contributed by atoms with Crippen LogP contribution in [0.5, 0.6) is 0 Å². The number of carbonyl (C=O) groups is 1. The van der Waals surface area contributed by atoms with Gasteiger partial charge in [0.2, 0.25) is 5.91 Å². The molecule has 8 heteroatoms. The first kappa shape index (κ1) is 18.9. The smallest absolute Gasteiger partial charge is 0.222 e. The molecule has 2 atom stereocenters. The molecule has 2 fully saturated rings. The van der Waals surface area contributed by atoms with Crippen LogP contribution in [0.2, 0.25) is 0 Å². The second kappa shape index (κ2) is 7.87. The fourth-order valence-corrected chi connectivity index (χ4v) is 4.50. The first-order valence-corrected chi connectivity index (χ1v) is 10.1. The lowest BCUT2D eigenvalue weighted by Gasteiger charge is -2.24. The van der Waals surface area contributed by atoms with E-state index in [0.29, 0.717) is 36.9 Å². The van der Waals surface area contributed by atoms with E-state index in [0.717, 1.165) is 38.0 Å². The first-order chi connectivity index (χ1) is 13.6. The second-order valence-corrected chi connectivity index (χ2v) is 7.91. The van der Waals surface area contributed by atoms with Crippen molar-refractivity contribution >= 4 is 22.9 Å². The highest BCUT2D eigenvalue weighted by Gasteiger charge is 2.38. The summed E-state index contributed by atoms with van der Waals surface area (Å²) in [5.74, 6) is 1.15. The third-order valence-electron chi connectivity index (χ3n) is 6.22. The Morgan fingerprint density at radius 2 is 2.14 bits per heavy atom. The van der Waals surface area contributed by atoms with Gasteiger partial charge in [0.15, 0.2) is 5.65 Å². The summed E-state index contributed by atoms with van der Waals surface area (Å²) in [6.45, 7) is 4.86. The number of nitrogens with one attached hydrogen (secondary N) is 3. The monoisotopic (exact) mass is 384 g/mol. The SMILES string of the molecule is CCC1CN(C(=O)CC2CCOCC2)CC1C(=N)n1c(=N)cnc2[nH]ccc21. The summed E-state index contributed by atoms with van der Waals surface area (Å²) in [4.78, 5) is 22.1. The van der Waals surface area contributed by atoms with E-state index >= 15 is 0 Å². The van der Waals surface area contributed by atoms with Crippen LogP contribution in [-0.4, -0.2) is 57.5 Å². The molecule has 0 saturated carbocycles. The molecule has 4 heterocycles. The Morgan fingerprint density at radius 1 is 1.36 bits per heavy atom. The molecular formula is C20H28N6O2. The third kappa shape index (κ3) is 3.48. The molecule has 2 aliphatic rings. The van der Waals surface area contributed by atoms with Crippen LogP contribution < -0.4 is 5.49 Å². The largest absolute Gasteiger partial charge is 0.381 e. The van der Waals surface area contributed by atoms with E-state index in [1.807, 2.05) is 11.0 Å². The van der Waals surface area contributed by atoms with Gasteiger partial charge in [0, 0.05) is 44.8 Å². The Kier molecular flexibility index (Phi) is 5.30. The number of ether oxygens (including phenoxy) is 1. The van der Waals surface area contributed by atoms with Crippen LogP contribution in [0.1, 0.15) is 32.6 Å². The van der Waals surface area contributed by atoms with Crippen molar-refractivity contribution in [3.8, 4) is 0 Å². The molecule has 4 rings (SSSR count). The quantitative estimate of drug-likeness (QED) is 0.553. The molecular weight excluding hydrogens is 356 g/mol. The minimum atomic E-state index is -0.0711. The maximum atomic E-state index is 12.9. The van der Waals surface area contributed by atoms with Gasteiger partial charge in [0.1, 0.15) is 11.3 Å². The lowest BCUT2D eigenvalue weighted by Crippen LogP contribution is -2.36. The number of aromatic nitrogens is 3. The fourth-order valence-electron chi connectivity index (χ4n) is 4.50. The minimum Gasteiger partial charge on any atom is -0.381 e. The van der Waals surface area contributed by atoms with Gasteiger partial charge in [-0.2, -0.15) is 0 Å². The Balaban J connectivity index is 1.53. The van der Waals surface area contributed by atoms with Crippen LogP contribution in [0.4, 0.5) is 0 Å². The summed E-state index contributed by atoms with van der Waals surface area (Å²) >= 11 is 0. The molecule has 3 N–H and O–H groups in total. The maximum Gasteiger partial charge on any atom is 0.222 e. The third-order valence-corrected chi connectivity index (χ3v) is 6.22. The number of H-pyrrole nitrogens is 1. The number of likely N-dealkylation sites (tertiary alicyclic amines) is 1. The number of rotatable bonds is 4. The van der Waals surface area contributed by atoms with E-state index in [4.69, 9.17) is 15.6 Å². The summed E-state index contributed by atoms with van der Waals surface area (Å²) in [5, 5.41) is 17.1. The molecule has 0 spiro atoms. The van der Waals surface area contributed by atoms with Crippen molar-refractivity contribution in [3.63, 3.8) is 0 Å². The number of aromatic amines is 1. The summed E-state index contributed by atoms with van der Waals surface area (Å²) in [6.07, 6.45) is 6.64. The standard InChI is InChI=1S/C20H28N6O2/c1-2-14-11-25(18(27)9-13-4-7-28-8-5-13)12-15(14)19(22)26-16-3-6-23-20(16)24-10-17(26)21/h3,6,10,13-15,21-23H,2,4-5,7-9,11-12H2,1H3. The van der Waals surface area contributed by atoms with Gasteiger partial charge < -0.3 is 14.6 Å². The number of nitrogens with zero attached hydrogens (tertiary/aromatic N) is 3. The van der Waals surface area contributed by atoms with Crippen molar-refractivity contribution in [1.82, 2.24) is 19.4 Å². The molecule has 2 aromatic heterocycles. The van der Waals surface area contributed by atoms with Gasteiger partial charge >= 0.3 is 0 Å². The van der Waals surface area contributed by atoms with Crippen molar-refractivity contribution in [2.45, 2.75) is 32.6 Å². The maximum absolute atomic E-state index is 12.9. The predicted molar refractivity (Wildman–Crippen MR) is 105 cm³/mol. The highest BCUT2D eigenvalue weighted by atomic mass is 16.5. The zero-order chi connectivity index (χ0) is 19.7. The Hall–Kier alpha value is -2.48. The van der Waals surface area contributed by atoms with Crippen LogP contribution in [0.25, 0.3) is 11.2 Å². The molecule has 28 heavy (non-hydrogen) atoms. The van der Waals surface area contributed by atoms with Crippen molar-refractivity contribution in [2.24, 2.45) is 17.8 Å². The molecule has 2 unspecified atom stereocenters. The van der Waals surface area contributed by atoms with Gasteiger partial charge in [-0.05, 0) is 30.7 Å². The Bertz CT molecular complexity index is 926.